The van der Waals surface area contributed by atoms with Crippen LogP contribution in [0.4, 0.5) is 0 Å². The van der Waals surface area contributed by atoms with E-state index < -0.39 is 15.3 Å². The quantitative estimate of drug-likeness (QED) is 0.792. The summed E-state index contributed by atoms with van der Waals surface area (Å²) in [5.74, 6) is 1.01. The highest BCUT2D eigenvalue weighted by molar-refractivity contribution is 7.90. The van der Waals surface area contributed by atoms with E-state index in [-0.39, 0.29) is 12.6 Å². The Morgan fingerprint density at radius 1 is 1.43 bits per heavy atom. The Kier molecular flexibility index (Phi) is 4.69. The molecule has 1 aliphatic heterocycles. The van der Waals surface area contributed by atoms with Crippen LogP contribution in [0.3, 0.4) is 0 Å². The average Bonchev–Trinajstić information content (AvgIpc) is 3.23. The highest BCUT2D eigenvalue weighted by Gasteiger charge is 2.36. The van der Waals surface area contributed by atoms with E-state index in [0.29, 0.717) is 31.2 Å². The van der Waals surface area contributed by atoms with Crippen molar-refractivity contribution in [2.24, 2.45) is 0 Å². The lowest BCUT2D eigenvalue weighted by molar-refractivity contribution is 0.405. The van der Waals surface area contributed by atoms with E-state index in [0.717, 1.165) is 5.56 Å². The normalized spacial score (nSPS) is 21.6. The van der Waals surface area contributed by atoms with Crippen molar-refractivity contribution in [1.29, 1.82) is 0 Å². The Morgan fingerprint density at radius 2 is 2.30 bits per heavy atom. The van der Waals surface area contributed by atoms with Gasteiger partial charge in [0.1, 0.15) is 0 Å². The molecule has 9 heteroatoms. The average molecular weight is 337 g/mol. The number of sulfonamides is 1. The summed E-state index contributed by atoms with van der Waals surface area (Å²) in [5, 5.41) is 10.5. The van der Waals surface area contributed by atoms with Gasteiger partial charge in [-0.2, -0.15) is 0 Å². The molecule has 0 aromatic carbocycles. The maximum atomic E-state index is 12.4. The molecule has 2 N–H and O–H groups in total. The van der Waals surface area contributed by atoms with Crippen LogP contribution in [0.2, 0.25) is 0 Å². The second kappa shape index (κ2) is 6.73. The van der Waals surface area contributed by atoms with Crippen LogP contribution in [-0.2, 0) is 23.0 Å². The van der Waals surface area contributed by atoms with Crippen LogP contribution in [0.1, 0.15) is 36.7 Å². The Labute approximate surface area is 134 Å². The van der Waals surface area contributed by atoms with Crippen LogP contribution in [0, 0.1) is 0 Å². The van der Waals surface area contributed by atoms with E-state index in [2.05, 4.69) is 25.2 Å². The molecular formula is C14H19N5O3S. The molecule has 1 aliphatic rings. The van der Waals surface area contributed by atoms with Crippen molar-refractivity contribution in [3.63, 3.8) is 0 Å². The lowest BCUT2D eigenvalue weighted by atomic mass is 10.2. The molecule has 0 radical (unpaired) electrons. The number of aromatic nitrogens is 3. The van der Waals surface area contributed by atoms with Crippen molar-refractivity contribution >= 4 is 10.0 Å². The largest absolute Gasteiger partial charge is 0.424 e. The van der Waals surface area contributed by atoms with Crippen molar-refractivity contribution in [3.05, 3.63) is 41.9 Å². The summed E-state index contributed by atoms with van der Waals surface area (Å²) in [7, 11) is -3.43. The second-order valence-corrected chi connectivity index (χ2v) is 7.48. The fraction of sp³-hybridized carbons (Fsp3) is 0.500. The Balaban J connectivity index is 1.61. The third kappa shape index (κ3) is 3.74. The van der Waals surface area contributed by atoms with Crippen LogP contribution in [0.5, 0.6) is 0 Å². The van der Waals surface area contributed by atoms with Gasteiger partial charge in [0.2, 0.25) is 21.8 Å². The van der Waals surface area contributed by atoms with Gasteiger partial charge in [0.05, 0.1) is 11.3 Å². The molecule has 0 saturated carbocycles. The molecule has 1 fully saturated rings. The third-order valence-electron chi connectivity index (χ3n) is 3.81. The molecule has 1 saturated heterocycles. The van der Waals surface area contributed by atoms with Crippen molar-refractivity contribution < 1.29 is 12.8 Å². The smallest absolute Gasteiger partial charge is 0.233 e. The maximum Gasteiger partial charge on any atom is 0.233 e. The molecule has 2 unspecified atom stereocenters. The molecule has 0 amide bonds. The summed E-state index contributed by atoms with van der Waals surface area (Å²) in [6, 6.07) is 3.39. The number of pyridine rings is 1. The molecule has 0 bridgehead atoms. The van der Waals surface area contributed by atoms with Crippen molar-refractivity contribution in [1.82, 2.24) is 25.2 Å². The molecule has 8 nitrogen and oxygen atoms in total. The number of aryl methyl sites for hydroxylation is 1. The molecule has 2 aromatic heterocycles. The van der Waals surface area contributed by atoms with Crippen LogP contribution in [0.25, 0.3) is 0 Å². The van der Waals surface area contributed by atoms with Gasteiger partial charge in [0.15, 0.2) is 0 Å². The fourth-order valence-electron chi connectivity index (χ4n) is 2.48. The number of rotatable bonds is 6. The highest BCUT2D eigenvalue weighted by atomic mass is 32.2. The first-order chi connectivity index (χ1) is 11.1. The minimum Gasteiger partial charge on any atom is -0.424 e. The Bertz CT molecular complexity index is 747. The first kappa shape index (κ1) is 16.0. The van der Waals surface area contributed by atoms with E-state index in [4.69, 9.17) is 4.42 Å². The van der Waals surface area contributed by atoms with Gasteiger partial charge in [-0.05, 0) is 18.1 Å². The molecule has 3 heterocycles. The SMILES string of the molecule is CCc1nnc(C2CC(S(=O)(=O)NCc3cccnc3)CN2)o1. The summed E-state index contributed by atoms with van der Waals surface area (Å²) in [6.07, 6.45) is 4.36. The monoisotopic (exact) mass is 337 g/mol. The predicted molar refractivity (Wildman–Crippen MR) is 82.8 cm³/mol. The van der Waals surface area contributed by atoms with Crippen molar-refractivity contribution in [3.8, 4) is 0 Å². The Morgan fingerprint density at radius 3 is 3.00 bits per heavy atom. The minimum absolute atomic E-state index is 0.220. The van der Waals surface area contributed by atoms with Gasteiger partial charge >= 0.3 is 0 Å². The maximum absolute atomic E-state index is 12.4. The van der Waals surface area contributed by atoms with E-state index in [1.54, 1.807) is 18.5 Å². The number of hydrogen-bond acceptors (Lipinski definition) is 7. The Hall–Kier alpha value is -1.84. The van der Waals surface area contributed by atoms with Crippen molar-refractivity contribution in [2.45, 2.75) is 37.6 Å². The number of nitrogens with zero attached hydrogens (tertiary/aromatic N) is 3. The second-order valence-electron chi connectivity index (χ2n) is 5.43. The van der Waals surface area contributed by atoms with Crippen LogP contribution < -0.4 is 10.0 Å². The summed E-state index contributed by atoms with van der Waals surface area (Å²) in [5.41, 5.74) is 0.822. The van der Waals surface area contributed by atoms with Gasteiger partial charge < -0.3 is 9.73 Å². The van der Waals surface area contributed by atoms with Crippen LogP contribution >= 0.6 is 0 Å². The zero-order valence-electron chi connectivity index (χ0n) is 12.8. The van der Waals surface area contributed by atoms with Gasteiger partial charge in [0, 0.05) is 31.9 Å². The van der Waals surface area contributed by atoms with Gasteiger partial charge in [-0.15, -0.1) is 10.2 Å². The highest BCUT2D eigenvalue weighted by Crippen LogP contribution is 2.26. The molecule has 23 heavy (non-hydrogen) atoms. The summed E-state index contributed by atoms with van der Waals surface area (Å²) in [6.45, 7) is 2.52. The molecular weight excluding hydrogens is 318 g/mol. The first-order valence-corrected chi connectivity index (χ1v) is 9.06. The van der Waals surface area contributed by atoms with E-state index in [1.165, 1.54) is 0 Å². The first-order valence-electron chi connectivity index (χ1n) is 7.51. The fourth-order valence-corrected chi connectivity index (χ4v) is 3.85. The minimum atomic E-state index is -3.43. The topological polar surface area (TPSA) is 110 Å². The van der Waals surface area contributed by atoms with Gasteiger partial charge in [0.25, 0.3) is 0 Å². The van der Waals surface area contributed by atoms with E-state index in [9.17, 15) is 8.42 Å². The number of hydrogen-bond donors (Lipinski definition) is 2. The van der Waals surface area contributed by atoms with Gasteiger partial charge in [-0.1, -0.05) is 13.0 Å². The number of nitrogens with one attached hydrogen (secondary N) is 2. The standard InChI is InChI=1S/C14H19N5O3S/c1-2-13-18-19-14(22-13)12-6-11(9-16-12)23(20,21)17-8-10-4-3-5-15-7-10/h3-5,7,11-12,16-17H,2,6,8-9H2,1H3. The van der Waals surface area contributed by atoms with Crippen LogP contribution in [0.15, 0.2) is 28.9 Å². The van der Waals surface area contributed by atoms with Crippen molar-refractivity contribution in [2.75, 3.05) is 6.54 Å². The van der Waals surface area contributed by atoms with Gasteiger partial charge in [-0.3, -0.25) is 4.98 Å². The van der Waals surface area contributed by atoms with Crippen LogP contribution in [-0.4, -0.2) is 35.4 Å². The zero-order valence-corrected chi connectivity index (χ0v) is 13.6. The summed E-state index contributed by atoms with van der Waals surface area (Å²) >= 11 is 0. The molecule has 0 aliphatic carbocycles. The summed E-state index contributed by atoms with van der Waals surface area (Å²) in [4.78, 5) is 3.97. The molecule has 3 rings (SSSR count). The van der Waals surface area contributed by atoms with Gasteiger partial charge in [-0.25, -0.2) is 13.1 Å². The summed E-state index contributed by atoms with van der Waals surface area (Å²) < 4.78 is 32.9. The third-order valence-corrected chi connectivity index (χ3v) is 5.60. The molecule has 2 aromatic rings. The predicted octanol–water partition coefficient (Wildman–Crippen LogP) is 0.550. The lowest BCUT2D eigenvalue weighted by Crippen LogP contribution is -2.35. The lowest BCUT2D eigenvalue weighted by Gasteiger charge is -2.11. The molecule has 2 atom stereocenters. The van der Waals surface area contributed by atoms with E-state index in [1.807, 2.05) is 13.0 Å². The zero-order chi connectivity index (χ0) is 16.3. The molecule has 0 spiro atoms. The van der Waals surface area contributed by atoms with E-state index >= 15 is 0 Å². The molecule has 124 valence electrons.